The number of anilines is 1. The predicted octanol–water partition coefficient (Wildman–Crippen LogP) is 6.13. The molecule has 0 saturated carbocycles. The third kappa shape index (κ3) is 4.66. The monoisotopic (exact) mass is 491 g/mol. The summed E-state index contributed by atoms with van der Waals surface area (Å²) in [6.07, 6.45) is -12.9. The molecule has 0 atom stereocenters. The normalized spacial score (nSPS) is 12.2. The third-order valence-electron chi connectivity index (χ3n) is 5.06. The number of halogens is 7. The first kappa shape index (κ1) is 26.6. The van der Waals surface area contributed by atoms with Crippen molar-refractivity contribution in [1.29, 1.82) is 5.26 Å². The standard InChI is InChI=1S/C21H16F7N3O3/c1-3-11-7-15(19(22,20(23,24)25)21(26,27)28)8-12(4-2)17(11)30-18(32)13-5-6-14(10-29)16(9-13)31(33)34/h5-9H,3-4H2,1-2H3,(H,30,32). The summed E-state index contributed by atoms with van der Waals surface area (Å²) in [7, 11) is 0. The van der Waals surface area contributed by atoms with E-state index in [0.29, 0.717) is 12.1 Å². The quantitative estimate of drug-likeness (QED) is 0.299. The molecule has 0 aliphatic heterocycles. The Morgan fingerprint density at radius 1 is 1.00 bits per heavy atom. The van der Waals surface area contributed by atoms with Gasteiger partial charge in [-0.05, 0) is 48.2 Å². The number of nitrogens with zero attached hydrogens (tertiary/aromatic N) is 2. The minimum absolute atomic E-state index is 0.141. The van der Waals surface area contributed by atoms with E-state index in [-0.39, 0.29) is 40.8 Å². The van der Waals surface area contributed by atoms with Gasteiger partial charge in [0.25, 0.3) is 11.6 Å². The molecule has 2 aromatic carbocycles. The number of hydrogen-bond acceptors (Lipinski definition) is 4. The third-order valence-corrected chi connectivity index (χ3v) is 5.06. The number of benzene rings is 2. The van der Waals surface area contributed by atoms with E-state index in [1.807, 2.05) is 0 Å². The fourth-order valence-electron chi connectivity index (χ4n) is 3.28. The number of carbonyl (C=O) groups excluding carboxylic acids is 1. The number of nitro groups is 1. The lowest BCUT2D eigenvalue weighted by Crippen LogP contribution is -2.50. The van der Waals surface area contributed by atoms with Crippen LogP contribution in [0.15, 0.2) is 30.3 Å². The molecule has 13 heteroatoms. The van der Waals surface area contributed by atoms with E-state index in [0.717, 1.165) is 18.2 Å². The molecule has 1 amide bonds. The molecule has 6 nitrogen and oxygen atoms in total. The highest BCUT2D eigenvalue weighted by atomic mass is 19.4. The highest BCUT2D eigenvalue weighted by molar-refractivity contribution is 6.05. The predicted molar refractivity (Wildman–Crippen MR) is 106 cm³/mol. The SMILES string of the molecule is CCc1cc(C(F)(C(F)(F)F)C(F)(F)F)cc(CC)c1NC(=O)c1ccc(C#N)c([N+](=O)[O-])c1. The van der Waals surface area contributed by atoms with Gasteiger partial charge in [-0.15, -0.1) is 0 Å². The summed E-state index contributed by atoms with van der Waals surface area (Å²) < 4.78 is 93.9. The fourth-order valence-corrected chi connectivity index (χ4v) is 3.28. The van der Waals surface area contributed by atoms with Gasteiger partial charge >= 0.3 is 18.0 Å². The fraction of sp³-hybridized carbons (Fsp3) is 0.333. The van der Waals surface area contributed by atoms with Crippen molar-refractivity contribution in [3.63, 3.8) is 0 Å². The van der Waals surface area contributed by atoms with Crippen molar-refractivity contribution in [3.05, 3.63) is 68.3 Å². The molecule has 0 bridgehead atoms. The molecule has 0 saturated heterocycles. The number of amides is 1. The average Bonchev–Trinajstić information content (AvgIpc) is 2.76. The lowest BCUT2D eigenvalue weighted by atomic mass is 9.88. The highest BCUT2D eigenvalue weighted by Crippen LogP contribution is 2.54. The van der Waals surface area contributed by atoms with Crippen LogP contribution in [-0.4, -0.2) is 23.2 Å². The van der Waals surface area contributed by atoms with Crippen LogP contribution < -0.4 is 5.32 Å². The summed E-state index contributed by atoms with van der Waals surface area (Å²) in [6.45, 7) is 2.75. The minimum Gasteiger partial charge on any atom is -0.321 e. The van der Waals surface area contributed by atoms with Crippen molar-refractivity contribution in [3.8, 4) is 6.07 Å². The van der Waals surface area contributed by atoms with Crippen LogP contribution >= 0.6 is 0 Å². The number of nitriles is 1. The van der Waals surface area contributed by atoms with Crippen LogP contribution in [0.2, 0.25) is 0 Å². The zero-order chi connectivity index (χ0) is 26.1. The second-order valence-electron chi connectivity index (χ2n) is 7.09. The van der Waals surface area contributed by atoms with Gasteiger partial charge in [0.1, 0.15) is 11.6 Å². The number of nitrogens with one attached hydrogen (secondary N) is 1. The van der Waals surface area contributed by atoms with E-state index >= 15 is 0 Å². The lowest BCUT2D eigenvalue weighted by Gasteiger charge is -2.31. The van der Waals surface area contributed by atoms with E-state index < -0.39 is 40.1 Å². The number of nitro benzene ring substituents is 1. The van der Waals surface area contributed by atoms with Crippen LogP contribution in [0.5, 0.6) is 0 Å². The molecular formula is C21H16F7N3O3. The van der Waals surface area contributed by atoms with Gasteiger partial charge in [-0.25, -0.2) is 4.39 Å². The first-order chi connectivity index (χ1) is 15.6. The van der Waals surface area contributed by atoms with E-state index in [1.54, 1.807) is 6.07 Å². The molecule has 1 N–H and O–H groups in total. The zero-order valence-electron chi connectivity index (χ0n) is 17.6. The Morgan fingerprint density at radius 3 is 1.88 bits per heavy atom. The van der Waals surface area contributed by atoms with Crippen molar-refractivity contribution >= 4 is 17.3 Å². The van der Waals surface area contributed by atoms with Crippen LogP contribution in [0.3, 0.4) is 0 Å². The number of carbonyl (C=O) groups is 1. The Morgan fingerprint density at radius 2 is 1.50 bits per heavy atom. The molecule has 0 unspecified atom stereocenters. The number of hydrogen-bond donors (Lipinski definition) is 1. The molecule has 34 heavy (non-hydrogen) atoms. The molecule has 2 rings (SSSR count). The largest absolute Gasteiger partial charge is 0.435 e. The van der Waals surface area contributed by atoms with Gasteiger partial charge in [0, 0.05) is 22.9 Å². The van der Waals surface area contributed by atoms with Gasteiger partial charge < -0.3 is 5.32 Å². The number of aryl methyl sites for hydroxylation is 2. The Kier molecular flexibility index (Phi) is 7.25. The van der Waals surface area contributed by atoms with Gasteiger partial charge in [-0.2, -0.15) is 31.6 Å². The molecule has 0 spiro atoms. The smallest absolute Gasteiger partial charge is 0.321 e. The Hall–Kier alpha value is -3.69. The van der Waals surface area contributed by atoms with Gasteiger partial charge in [0.05, 0.1) is 4.92 Å². The first-order valence-corrected chi connectivity index (χ1v) is 9.60. The van der Waals surface area contributed by atoms with Crippen molar-refractivity contribution < 1.29 is 40.5 Å². The van der Waals surface area contributed by atoms with Crippen LogP contribution in [-0.2, 0) is 18.5 Å². The van der Waals surface area contributed by atoms with E-state index in [2.05, 4.69) is 5.32 Å². The second-order valence-corrected chi connectivity index (χ2v) is 7.09. The Balaban J connectivity index is 2.63. The summed E-state index contributed by atoms with van der Waals surface area (Å²) in [5, 5.41) is 22.4. The summed E-state index contributed by atoms with van der Waals surface area (Å²) in [4.78, 5) is 22.9. The summed E-state index contributed by atoms with van der Waals surface area (Å²) in [5.74, 6) is -0.970. The molecular weight excluding hydrogens is 475 g/mol. The Labute approximate surface area is 188 Å². The van der Waals surface area contributed by atoms with E-state index in [9.17, 15) is 45.6 Å². The maximum Gasteiger partial charge on any atom is 0.435 e. The zero-order valence-corrected chi connectivity index (χ0v) is 17.6. The number of alkyl halides is 7. The highest BCUT2D eigenvalue weighted by Gasteiger charge is 2.73. The van der Waals surface area contributed by atoms with Crippen LogP contribution in [0.4, 0.5) is 42.1 Å². The van der Waals surface area contributed by atoms with Crippen molar-refractivity contribution in [2.75, 3.05) is 5.32 Å². The van der Waals surface area contributed by atoms with Crippen LogP contribution in [0.1, 0.15) is 46.5 Å². The van der Waals surface area contributed by atoms with Gasteiger partial charge in [0.2, 0.25) is 0 Å². The molecule has 0 aliphatic rings. The molecule has 0 fully saturated rings. The summed E-state index contributed by atoms with van der Waals surface area (Å²) in [5.41, 5.74) is -9.15. The van der Waals surface area contributed by atoms with Crippen molar-refractivity contribution in [1.82, 2.24) is 0 Å². The van der Waals surface area contributed by atoms with Crippen molar-refractivity contribution in [2.45, 2.75) is 44.7 Å². The second kappa shape index (κ2) is 9.28. The molecule has 0 heterocycles. The lowest BCUT2D eigenvalue weighted by molar-refractivity contribution is -0.385. The molecule has 0 radical (unpaired) electrons. The molecule has 0 aromatic heterocycles. The first-order valence-electron chi connectivity index (χ1n) is 9.60. The van der Waals surface area contributed by atoms with Crippen LogP contribution in [0, 0.1) is 21.4 Å². The van der Waals surface area contributed by atoms with E-state index in [4.69, 9.17) is 5.26 Å². The topological polar surface area (TPSA) is 96.0 Å². The minimum atomic E-state index is -6.30. The summed E-state index contributed by atoms with van der Waals surface area (Å²) in [6, 6.07) is 5.26. The van der Waals surface area contributed by atoms with E-state index in [1.165, 1.54) is 13.8 Å². The molecule has 182 valence electrons. The Bertz CT molecular complexity index is 1130. The molecule has 2 aromatic rings. The van der Waals surface area contributed by atoms with Gasteiger partial charge in [0.15, 0.2) is 0 Å². The number of rotatable bonds is 6. The van der Waals surface area contributed by atoms with Gasteiger partial charge in [-0.1, -0.05) is 13.8 Å². The summed E-state index contributed by atoms with van der Waals surface area (Å²) >= 11 is 0. The molecule has 0 aliphatic carbocycles. The maximum absolute atomic E-state index is 14.6. The van der Waals surface area contributed by atoms with Gasteiger partial charge in [-0.3, -0.25) is 14.9 Å². The maximum atomic E-state index is 14.6. The average molecular weight is 491 g/mol. The van der Waals surface area contributed by atoms with Crippen molar-refractivity contribution in [2.24, 2.45) is 0 Å². The van der Waals surface area contributed by atoms with Crippen LogP contribution in [0.25, 0.3) is 0 Å².